The number of benzene rings is 1. The van der Waals surface area contributed by atoms with Crippen LogP contribution >= 0.6 is 0 Å². The molecular formula is C15H18N2O3. The summed E-state index contributed by atoms with van der Waals surface area (Å²) in [4.78, 5) is 11.8. The minimum absolute atomic E-state index is 0.0982. The first-order valence-electron chi connectivity index (χ1n) is 6.78. The number of carbonyl (C=O) groups is 1. The molecule has 20 heavy (non-hydrogen) atoms. The molecule has 1 saturated heterocycles. The monoisotopic (exact) mass is 274 g/mol. The van der Waals surface area contributed by atoms with Crippen LogP contribution in [0.2, 0.25) is 0 Å². The summed E-state index contributed by atoms with van der Waals surface area (Å²) in [7, 11) is 0. The van der Waals surface area contributed by atoms with E-state index < -0.39 is 0 Å². The standard InChI is InChI=1S/C15H18N2O3/c16-10-12-4-1-2-5-14(12)17-15(18)6-3-8-20-13-7-9-19-11-13/h1-2,4-5,13H,3,6-9,11H2,(H,17,18). The lowest BCUT2D eigenvalue weighted by Gasteiger charge is -2.10. The molecule has 0 aromatic heterocycles. The maximum absolute atomic E-state index is 11.8. The molecule has 1 fully saturated rings. The summed E-state index contributed by atoms with van der Waals surface area (Å²) < 4.78 is 10.8. The zero-order valence-electron chi connectivity index (χ0n) is 11.3. The molecule has 0 spiro atoms. The molecule has 5 heteroatoms. The average molecular weight is 274 g/mol. The van der Waals surface area contributed by atoms with Gasteiger partial charge in [0.2, 0.25) is 5.91 Å². The molecule has 0 bridgehead atoms. The Morgan fingerprint density at radius 1 is 1.50 bits per heavy atom. The van der Waals surface area contributed by atoms with E-state index in [0.717, 1.165) is 13.0 Å². The summed E-state index contributed by atoms with van der Waals surface area (Å²) in [5.74, 6) is -0.0982. The molecule has 0 aliphatic carbocycles. The minimum Gasteiger partial charge on any atom is -0.379 e. The Labute approximate surface area is 118 Å². The third-order valence-corrected chi connectivity index (χ3v) is 3.11. The third kappa shape index (κ3) is 4.34. The van der Waals surface area contributed by atoms with Gasteiger partial charge in [-0.3, -0.25) is 4.79 Å². The van der Waals surface area contributed by atoms with Gasteiger partial charge in [-0.1, -0.05) is 12.1 Å². The Bertz CT molecular complexity index is 490. The van der Waals surface area contributed by atoms with Gasteiger partial charge in [0.25, 0.3) is 0 Å². The smallest absolute Gasteiger partial charge is 0.224 e. The van der Waals surface area contributed by atoms with Gasteiger partial charge >= 0.3 is 0 Å². The average Bonchev–Trinajstić information content (AvgIpc) is 2.97. The minimum atomic E-state index is -0.0982. The Morgan fingerprint density at radius 2 is 2.35 bits per heavy atom. The predicted octanol–water partition coefficient (Wildman–Crippen LogP) is 2.08. The molecule has 1 heterocycles. The van der Waals surface area contributed by atoms with Crippen LogP contribution in [0.3, 0.4) is 0 Å². The number of anilines is 1. The van der Waals surface area contributed by atoms with Crippen molar-refractivity contribution in [2.24, 2.45) is 0 Å². The zero-order chi connectivity index (χ0) is 14.2. The van der Waals surface area contributed by atoms with Crippen molar-refractivity contribution in [1.29, 1.82) is 5.26 Å². The van der Waals surface area contributed by atoms with Gasteiger partial charge in [-0.05, 0) is 25.0 Å². The van der Waals surface area contributed by atoms with E-state index in [2.05, 4.69) is 11.4 Å². The summed E-state index contributed by atoms with van der Waals surface area (Å²) in [6, 6.07) is 9.02. The van der Waals surface area contributed by atoms with E-state index in [1.54, 1.807) is 24.3 Å². The maximum Gasteiger partial charge on any atom is 0.224 e. The van der Waals surface area contributed by atoms with Gasteiger partial charge in [0, 0.05) is 19.6 Å². The molecule has 1 aromatic carbocycles. The fourth-order valence-electron chi connectivity index (χ4n) is 2.03. The lowest BCUT2D eigenvalue weighted by Crippen LogP contribution is -2.16. The number of nitrogens with one attached hydrogen (secondary N) is 1. The Balaban J connectivity index is 1.68. The lowest BCUT2D eigenvalue weighted by atomic mass is 10.2. The van der Waals surface area contributed by atoms with Crippen molar-refractivity contribution < 1.29 is 14.3 Å². The second-order valence-electron chi connectivity index (χ2n) is 4.67. The molecule has 1 amide bonds. The van der Waals surface area contributed by atoms with Crippen molar-refractivity contribution in [3.8, 4) is 6.07 Å². The van der Waals surface area contributed by atoms with Crippen LogP contribution in [0.1, 0.15) is 24.8 Å². The van der Waals surface area contributed by atoms with Gasteiger partial charge in [0.1, 0.15) is 6.07 Å². The van der Waals surface area contributed by atoms with Crippen LogP contribution in [0.15, 0.2) is 24.3 Å². The Hall–Kier alpha value is -1.90. The van der Waals surface area contributed by atoms with Gasteiger partial charge in [0.05, 0.1) is 24.0 Å². The maximum atomic E-state index is 11.8. The SMILES string of the molecule is N#Cc1ccccc1NC(=O)CCCOC1CCOC1. The number of ether oxygens (including phenoxy) is 2. The van der Waals surface area contributed by atoms with Crippen molar-refractivity contribution in [1.82, 2.24) is 0 Å². The number of carbonyl (C=O) groups excluding carboxylic acids is 1. The molecule has 1 atom stereocenters. The normalized spacial score (nSPS) is 17.6. The van der Waals surface area contributed by atoms with Gasteiger partial charge in [0.15, 0.2) is 0 Å². The van der Waals surface area contributed by atoms with Crippen LogP contribution in [0, 0.1) is 11.3 Å². The molecule has 5 nitrogen and oxygen atoms in total. The number of hydrogen-bond acceptors (Lipinski definition) is 4. The van der Waals surface area contributed by atoms with E-state index in [9.17, 15) is 4.79 Å². The fourth-order valence-corrected chi connectivity index (χ4v) is 2.03. The van der Waals surface area contributed by atoms with Crippen molar-refractivity contribution in [2.75, 3.05) is 25.1 Å². The second-order valence-corrected chi connectivity index (χ2v) is 4.67. The molecule has 1 aliphatic heterocycles. The van der Waals surface area contributed by atoms with E-state index >= 15 is 0 Å². The van der Waals surface area contributed by atoms with Crippen LogP contribution in [0.5, 0.6) is 0 Å². The molecule has 0 saturated carbocycles. The molecule has 1 aliphatic rings. The van der Waals surface area contributed by atoms with E-state index in [4.69, 9.17) is 14.7 Å². The summed E-state index contributed by atoms with van der Waals surface area (Å²) in [5, 5.41) is 11.7. The van der Waals surface area contributed by atoms with Crippen molar-refractivity contribution in [2.45, 2.75) is 25.4 Å². The summed E-state index contributed by atoms with van der Waals surface area (Å²) in [5.41, 5.74) is 1.03. The number of amides is 1. The highest BCUT2D eigenvalue weighted by Gasteiger charge is 2.15. The van der Waals surface area contributed by atoms with Crippen LogP contribution < -0.4 is 5.32 Å². The first kappa shape index (κ1) is 14.5. The Morgan fingerprint density at radius 3 is 3.10 bits per heavy atom. The summed E-state index contributed by atoms with van der Waals surface area (Å²) in [6.45, 7) is 1.97. The van der Waals surface area contributed by atoms with Crippen LogP contribution in [0.4, 0.5) is 5.69 Å². The highest BCUT2D eigenvalue weighted by molar-refractivity contribution is 5.92. The van der Waals surface area contributed by atoms with E-state index in [0.29, 0.717) is 37.3 Å². The predicted molar refractivity (Wildman–Crippen MR) is 74.2 cm³/mol. The quantitative estimate of drug-likeness (QED) is 0.806. The van der Waals surface area contributed by atoms with Gasteiger partial charge in [-0.25, -0.2) is 0 Å². The fraction of sp³-hybridized carbons (Fsp3) is 0.467. The van der Waals surface area contributed by atoms with Gasteiger partial charge in [-0.2, -0.15) is 5.26 Å². The van der Waals surface area contributed by atoms with Gasteiger partial charge in [-0.15, -0.1) is 0 Å². The molecule has 1 N–H and O–H groups in total. The molecule has 106 valence electrons. The Kier molecular flexibility index (Phi) is 5.54. The first-order chi connectivity index (χ1) is 9.79. The number of hydrogen-bond donors (Lipinski definition) is 1. The van der Waals surface area contributed by atoms with E-state index in [1.807, 2.05) is 0 Å². The van der Waals surface area contributed by atoms with Crippen molar-refractivity contribution in [3.05, 3.63) is 29.8 Å². The highest BCUT2D eigenvalue weighted by Crippen LogP contribution is 2.14. The largest absolute Gasteiger partial charge is 0.379 e. The third-order valence-electron chi connectivity index (χ3n) is 3.11. The molecule has 1 unspecified atom stereocenters. The van der Waals surface area contributed by atoms with Crippen molar-refractivity contribution in [3.63, 3.8) is 0 Å². The molecule has 1 aromatic rings. The first-order valence-corrected chi connectivity index (χ1v) is 6.78. The number of para-hydroxylation sites is 1. The highest BCUT2D eigenvalue weighted by atomic mass is 16.5. The van der Waals surface area contributed by atoms with Crippen LogP contribution in [-0.4, -0.2) is 31.8 Å². The van der Waals surface area contributed by atoms with E-state index in [1.165, 1.54) is 0 Å². The number of nitrogens with zero attached hydrogens (tertiary/aromatic N) is 1. The second kappa shape index (κ2) is 7.63. The zero-order valence-corrected chi connectivity index (χ0v) is 11.3. The lowest BCUT2D eigenvalue weighted by molar-refractivity contribution is -0.116. The summed E-state index contributed by atoms with van der Waals surface area (Å²) in [6.07, 6.45) is 2.16. The molecule has 2 rings (SSSR count). The van der Waals surface area contributed by atoms with E-state index in [-0.39, 0.29) is 12.0 Å². The number of rotatable bonds is 6. The van der Waals surface area contributed by atoms with Crippen LogP contribution in [-0.2, 0) is 14.3 Å². The van der Waals surface area contributed by atoms with Crippen molar-refractivity contribution >= 4 is 11.6 Å². The van der Waals surface area contributed by atoms with Gasteiger partial charge < -0.3 is 14.8 Å². The molecule has 0 radical (unpaired) electrons. The van der Waals surface area contributed by atoms with Crippen LogP contribution in [0.25, 0.3) is 0 Å². The molecular weight excluding hydrogens is 256 g/mol. The summed E-state index contributed by atoms with van der Waals surface area (Å²) >= 11 is 0. The number of nitriles is 1. The topological polar surface area (TPSA) is 71.4 Å².